The summed E-state index contributed by atoms with van der Waals surface area (Å²) in [5.74, 6) is 0. The van der Waals surface area contributed by atoms with Gasteiger partial charge in [-0.2, -0.15) is 0 Å². The number of nitrogens with one attached hydrogen (secondary N) is 1. The van der Waals surface area contributed by atoms with Crippen molar-refractivity contribution < 1.29 is 0 Å². The van der Waals surface area contributed by atoms with Crippen LogP contribution in [-0.2, 0) is 0 Å². The monoisotopic (exact) mass is 247 g/mol. The first-order chi connectivity index (χ1) is 6.33. The standard InChI is InChI=1S/C11H22BrN/c1-10(8-9-12)13-11-6-4-2-3-5-7-11/h10-11,13H,2-9H2,1H3. The first-order valence-corrected chi connectivity index (χ1v) is 6.77. The summed E-state index contributed by atoms with van der Waals surface area (Å²) in [6.07, 6.45) is 9.79. The average Bonchev–Trinajstić information content (AvgIpc) is 2.33. The molecule has 0 amide bonds. The van der Waals surface area contributed by atoms with Crippen LogP contribution in [0.1, 0.15) is 51.9 Å². The second-order valence-electron chi connectivity index (χ2n) is 4.23. The molecule has 1 saturated carbocycles. The van der Waals surface area contributed by atoms with Gasteiger partial charge in [-0.05, 0) is 26.2 Å². The number of halogens is 1. The molecule has 0 bridgehead atoms. The molecule has 0 spiro atoms. The zero-order valence-corrected chi connectivity index (χ0v) is 10.3. The van der Waals surface area contributed by atoms with Gasteiger partial charge < -0.3 is 5.32 Å². The molecule has 0 aliphatic heterocycles. The van der Waals surface area contributed by atoms with Crippen LogP contribution in [0.15, 0.2) is 0 Å². The van der Waals surface area contributed by atoms with Crippen LogP contribution >= 0.6 is 15.9 Å². The number of hydrogen-bond acceptors (Lipinski definition) is 1. The lowest BCUT2D eigenvalue weighted by molar-refractivity contribution is 0.403. The van der Waals surface area contributed by atoms with Gasteiger partial charge in [0.05, 0.1) is 0 Å². The molecule has 1 nitrogen and oxygen atoms in total. The normalized spacial score (nSPS) is 22.6. The molecule has 13 heavy (non-hydrogen) atoms. The largest absolute Gasteiger partial charge is 0.311 e. The molecule has 1 unspecified atom stereocenters. The van der Waals surface area contributed by atoms with Crippen molar-refractivity contribution in [3.05, 3.63) is 0 Å². The third-order valence-corrected chi connectivity index (χ3v) is 3.38. The summed E-state index contributed by atoms with van der Waals surface area (Å²) in [6, 6.07) is 1.49. The predicted octanol–water partition coefficient (Wildman–Crippen LogP) is 3.47. The predicted molar refractivity (Wildman–Crippen MR) is 62.5 cm³/mol. The number of alkyl halides is 1. The Morgan fingerprint density at radius 2 is 1.85 bits per heavy atom. The van der Waals surface area contributed by atoms with Gasteiger partial charge in [-0.1, -0.05) is 41.6 Å². The molecular weight excluding hydrogens is 226 g/mol. The van der Waals surface area contributed by atoms with E-state index in [4.69, 9.17) is 0 Å². The highest BCUT2D eigenvalue weighted by molar-refractivity contribution is 9.09. The van der Waals surface area contributed by atoms with Crippen LogP contribution in [0.4, 0.5) is 0 Å². The zero-order valence-electron chi connectivity index (χ0n) is 8.69. The molecule has 0 aromatic carbocycles. The fraction of sp³-hybridized carbons (Fsp3) is 1.00. The Morgan fingerprint density at radius 1 is 1.23 bits per heavy atom. The fourth-order valence-electron chi connectivity index (χ4n) is 2.10. The van der Waals surface area contributed by atoms with Crippen LogP contribution < -0.4 is 5.32 Å². The molecule has 1 N–H and O–H groups in total. The van der Waals surface area contributed by atoms with Crippen molar-refractivity contribution >= 4 is 15.9 Å². The molecule has 0 radical (unpaired) electrons. The third kappa shape index (κ3) is 5.02. The highest BCUT2D eigenvalue weighted by atomic mass is 79.9. The van der Waals surface area contributed by atoms with E-state index in [1.165, 1.54) is 44.9 Å². The lowest BCUT2D eigenvalue weighted by Gasteiger charge is -2.21. The molecule has 1 aliphatic carbocycles. The van der Waals surface area contributed by atoms with Gasteiger partial charge in [0.25, 0.3) is 0 Å². The molecule has 1 rings (SSSR count). The zero-order chi connectivity index (χ0) is 9.52. The Labute approximate surface area is 90.8 Å². The Morgan fingerprint density at radius 3 is 2.38 bits per heavy atom. The van der Waals surface area contributed by atoms with E-state index >= 15 is 0 Å². The summed E-state index contributed by atoms with van der Waals surface area (Å²) in [6.45, 7) is 2.30. The molecule has 0 aromatic heterocycles. The summed E-state index contributed by atoms with van der Waals surface area (Å²) in [5, 5.41) is 4.85. The SMILES string of the molecule is CC(CCBr)NC1CCCCCC1. The summed E-state index contributed by atoms with van der Waals surface area (Å²) in [5.41, 5.74) is 0. The molecule has 0 aromatic rings. The van der Waals surface area contributed by atoms with Crippen LogP contribution in [0.25, 0.3) is 0 Å². The Balaban J connectivity index is 2.17. The Bertz CT molecular complexity index is 119. The van der Waals surface area contributed by atoms with Crippen molar-refractivity contribution in [2.45, 2.75) is 64.0 Å². The summed E-state index contributed by atoms with van der Waals surface area (Å²) in [4.78, 5) is 0. The van der Waals surface area contributed by atoms with Crippen molar-refractivity contribution in [2.75, 3.05) is 5.33 Å². The van der Waals surface area contributed by atoms with Crippen molar-refractivity contribution in [3.8, 4) is 0 Å². The fourth-order valence-corrected chi connectivity index (χ4v) is 2.78. The second-order valence-corrected chi connectivity index (χ2v) is 5.03. The maximum atomic E-state index is 3.73. The average molecular weight is 248 g/mol. The van der Waals surface area contributed by atoms with E-state index in [1.54, 1.807) is 0 Å². The van der Waals surface area contributed by atoms with Crippen molar-refractivity contribution in [1.82, 2.24) is 5.32 Å². The smallest absolute Gasteiger partial charge is 0.00695 e. The molecule has 1 aliphatic rings. The van der Waals surface area contributed by atoms with Crippen LogP contribution in [0.2, 0.25) is 0 Å². The minimum Gasteiger partial charge on any atom is -0.311 e. The minimum atomic E-state index is 0.683. The molecule has 0 heterocycles. The second kappa shape index (κ2) is 6.83. The molecule has 2 heteroatoms. The van der Waals surface area contributed by atoms with Gasteiger partial charge in [-0.15, -0.1) is 0 Å². The summed E-state index contributed by atoms with van der Waals surface area (Å²) >= 11 is 3.49. The Kier molecular flexibility index (Phi) is 6.05. The van der Waals surface area contributed by atoms with Crippen molar-refractivity contribution in [2.24, 2.45) is 0 Å². The van der Waals surface area contributed by atoms with Gasteiger partial charge >= 0.3 is 0 Å². The first kappa shape index (κ1) is 11.5. The molecule has 1 atom stereocenters. The first-order valence-electron chi connectivity index (χ1n) is 5.65. The third-order valence-electron chi connectivity index (χ3n) is 2.92. The molecular formula is C11H22BrN. The van der Waals surface area contributed by atoms with E-state index in [9.17, 15) is 0 Å². The van der Waals surface area contributed by atoms with Gasteiger partial charge in [-0.25, -0.2) is 0 Å². The molecule has 78 valence electrons. The van der Waals surface area contributed by atoms with Crippen LogP contribution in [0, 0.1) is 0 Å². The van der Waals surface area contributed by atoms with Gasteiger partial charge in [0, 0.05) is 17.4 Å². The number of rotatable bonds is 4. The maximum Gasteiger partial charge on any atom is 0.00695 e. The van der Waals surface area contributed by atoms with E-state index in [2.05, 4.69) is 28.2 Å². The van der Waals surface area contributed by atoms with Crippen molar-refractivity contribution in [3.63, 3.8) is 0 Å². The number of hydrogen-bond donors (Lipinski definition) is 1. The molecule has 0 saturated heterocycles. The van der Waals surface area contributed by atoms with E-state index in [1.807, 2.05) is 0 Å². The van der Waals surface area contributed by atoms with E-state index in [0.29, 0.717) is 6.04 Å². The maximum absolute atomic E-state index is 3.73. The summed E-state index contributed by atoms with van der Waals surface area (Å²) in [7, 11) is 0. The highest BCUT2D eigenvalue weighted by Crippen LogP contribution is 2.17. The van der Waals surface area contributed by atoms with Crippen LogP contribution in [-0.4, -0.2) is 17.4 Å². The summed E-state index contributed by atoms with van der Waals surface area (Å²) < 4.78 is 0. The van der Waals surface area contributed by atoms with E-state index < -0.39 is 0 Å². The van der Waals surface area contributed by atoms with Gasteiger partial charge in [0.15, 0.2) is 0 Å². The van der Waals surface area contributed by atoms with Gasteiger partial charge in [-0.3, -0.25) is 0 Å². The Hall–Kier alpha value is 0.440. The quantitative estimate of drug-likeness (QED) is 0.593. The van der Waals surface area contributed by atoms with E-state index in [-0.39, 0.29) is 0 Å². The van der Waals surface area contributed by atoms with Gasteiger partial charge in [0.1, 0.15) is 0 Å². The molecule has 1 fully saturated rings. The van der Waals surface area contributed by atoms with Crippen molar-refractivity contribution in [1.29, 1.82) is 0 Å². The highest BCUT2D eigenvalue weighted by Gasteiger charge is 2.13. The lowest BCUT2D eigenvalue weighted by atomic mass is 10.1. The lowest BCUT2D eigenvalue weighted by Crippen LogP contribution is -2.36. The van der Waals surface area contributed by atoms with Crippen LogP contribution in [0.3, 0.4) is 0 Å². The van der Waals surface area contributed by atoms with Gasteiger partial charge in [0.2, 0.25) is 0 Å². The topological polar surface area (TPSA) is 12.0 Å². The van der Waals surface area contributed by atoms with E-state index in [0.717, 1.165) is 11.4 Å². The minimum absolute atomic E-state index is 0.683. The van der Waals surface area contributed by atoms with Crippen LogP contribution in [0.5, 0.6) is 0 Å².